The van der Waals surface area contributed by atoms with Crippen LogP contribution in [0.2, 0.25) is 0 Å². The topological polar surface area (TPSA) is 78.9 Å². The average molecular weight is 1080 g/mol. The van der Waals surface area contributed by atoms with Gasteiger partial charge in [0.05, 0.1) is 0 Å². The van der Waals surface area contributed by atoms with Gasteiger partial charge in [-0.2, -0.15) is 0 Å². The number of carbonyl (C=O) groups is 3. The smallest absolute Gasteiger partial charge is 0.306 e. The largest absolute Gasteiger partial charge is 0.462 e. The molecule has 0 aromatic carbocycles. The van der Waals surface area contributed by atoms with Gasteiger partial charge in [-0.15, -0.1) is 0 Å². The van der Waals surface area contributed by atoms with E-state index in [1.165, 1.54) is 244 Å². The van der Waals surface area contributed by atoms with Gasteiger partial charge in [0.2, 0.25) is 0 Å². The van der Waals surface area contributed by atoms with E-state index in [4.69, 9.17) is 14.2 Å². The monoisotopic (exact) mass is 1080 g/mol. The Labute approximate surface area is 479 Å². The van der Waals surface area contributed by atoms with E-state index in [9.17, 15) is 14.4 Å². The quantitative estimate of drug-likeness (QED) is 0.0261. The standard InChI is InChI=1S/C71H130O6/c1-4-7-10-13-16-19-22-25-28-30-32-34-35-37-38-40-43-46-49-52-55-58-61-64-70(73)76-67-68(66-75-69(72)63-60-57-54-51-48-45-42-27-24-21-18-15-12-9-6-3)77-71(74)65-62-59-56-53-50-47-44-41-39-36-33-31-29-26-23-20-17-14-11-8-5-2/h22,25,27,30,32,35,37,42,68H,4-21,23-24,26,28-29,31,33-34,36,38-41,43-67H2,1-3H3/b25-22-,32-30-,37-35-,42-27-. The third kappa shape index (κ3) is 64.1. The summed E-state index contributed by atoms with van der Waals surface area (Å²) in [5.41, 5.74) is 0. The first kappa shape index (κ1) is 74.4. The van der Waals surface area contributed by atoms with Crippen molar-refractivity contribution in [1.29, 1.82) is 0 Å². The Bertz CT molecular complexity index is 1330. The molecule has 0 spiro atoms. The fraction of sp³-hybridized carbons (Fsp3) is 0.845. The van der Waals surface area contributed by atoms with Gasteiger partial charge in [0.25, 0.3) is 0 Å². The van der Waals surface area contributed by atoms with Crippen molar-refractivity contribution >= 4 is 17.9 Å². The van der Waals surface area contributed by atoms with E-state index in [1.54, 1.807) is 0 Å². The van der Waals surface area contributed by atoms with Crippen molar-refractivity contribution in [3.05, 3.63) is 48.6 Å². The van der Waals surface area contributed by atoms with E-state index in [0.717, 1.165) is 83.5 Å². The lowest BCUT2D eigenvalue weighted by molar-refractivity contribution is -0.167. The van der Waals surface area contributed by atoms with E-state index in [1.807, 2.05) is 0 Å². The van der Waals surface area contributed by atoms with Gasteiger partial charge < -0.3 is 14.2 Å². The number of carbonyl (C=O) groups excluding carboxylic acids is 3. The highest BCUT2D eigenvalue weighted by atomic mass is 16.6. The molecule has 0 bridgehead atoms. The summed E-state index contributed by atoms with van der Waals surface area (Å²) in [4.78, 5) is 38.4. The van der Waals surface area contributed by atoms with Crippen molar-refractivity contribution < 1.29 is 28.6 Å². The minimum atomic E-state index is -0.779. The maximum absolute atomic E-state index is 12.9. The van der Waals surface area contributed by atoms with Crippen molar-refractivity contribution in [2.45, 2.75) is 374 Å². The zero-order valence-corrected chi connectivity index (χ0v) is 51.7. The summed E-state index contributed by atoms with van der Waals surface area (Å²) in [6, 6.07) is 0. The molecule has 0 aliphatic heterocycles. The zero-order chi connectivity index (χ0) is 55.7. The molecule has 0 radical (unpaired) electrons. The van der Waals surface area contributed by atoms with Gasteiger partial charge in [0.15, 0.2) is 6.10 Å². The Balaban J connectivity index is 4.33. The van der Waals surface area contributed by atoms with Crippen LogP contribution in [0.25, 0.3) is 0 Å². The summed E-state index contributed by atoms with van der Waals surface area (Å²) in [6.07, 6.45) is 82.7. The molecule has 1 atom stereocenters. The fourth-order valence-corrected chi connectivity index (χ4v) is 10.2. The lowest BCUT2D eigenvalue weighted by Crippen LogP contribution is -2.30. The molecule has 77 heavy (non-hydrogen) atoms. The number of ether oxygens (including phenoxy) is 3. The minimum Gasteiger partial charge on any atom is -0.462 e. The van der Waals surface area contributed by atoms with Crippen LogP contribution in [0, 0.1) is 0 Å². The Morgan fingerprint density at radius 3 is 0.740 bits per heavy atom. The van der Waals surface area contributed by atoms with Crippen LogP contribution in [0.3, 0.4) is 0 Å². The van der Waals surface area contributed by atoms with Crippen molar-refractivity contribution in [3.8, 4) is 0 Å². The van der Waals surface area contributed by atoms with E-state index in [0.29, 0.717) is 19.3 Å². The number of allylic oxidation sites excluding steroid dienone is 8. The van der Waals surface area contributed by atoms with Crippen LogP contribution >= 0.6 is 0 Å². The molecule has 0 saturated carbocycles. The van der Waals surface area contributed by atoms with Gasteiger partial charge in [0.1, 0.15) is 13.2 Å². The summed E-state index contributed by atoms with van der Waals surface area (Å²) in [5.74, 6) is -0.866. The molecular formula is C71H130O6. The number of rotatable bonds is 63. The second-order valence-corrected chi connectivity index (χ2v) is 23.1. The van der Waals surface area contributed by atoms with Crippen LogP contribution in [0.15, 0.2) is 48.6 Å². The van der Waals surface area contributed by atoms with Gasteiger partial charge in [-0.05, 0) is 83.5 Å². The molecule has 0 fully saturated rings. The Morgan fingerprint density at radius 1 is 0.260 bits per heavy atom. The summed E-state index contributed by atoms with van der Waals surface area (Å²) in [5, 5.41) is 0. The number of unbranched alkanes of at least 4 members (excludes halogenated alkanes) is 44. The van der Waals surface area contributed by atoms with E-state index >= 15 is 0 Å². The zero-order valence-electron chi connectivity index (χ0n) is 51.7. The van der Waals surface area contributed by atoms with Crippen LogP contribution in [-0.4, -0.2) is 37.2 Å². The summed E-state index contributed by atoms with van der Waals surface area (Å²) >= 11 is 0. The molecule has 0 heterocycles. The number of esters is 3. The van der Waals surface area contributed by atoms with Crippen molar-refractivity contribution in [2.24, 2.45) is 0 Å². The molecule has 0 aliphatic carbocycles. The summed E-state index contributed by atoms with van der Waals surface area (Å²) in [7, 11) is 0. The maximum atomic E-state index is 12.9. The number of hydrogen-bond donors (Lipinski definition) is 0. The van der Waals surface area contributed by atoms with E-state index in [2.05, 4.69) is 69.4 Å². The summed E-state index contributed by atoms with van der Waals surface area (Å²) < 4.78 is 17.0. The molecule has 0 amide bonds. The predicted octanol–water partition coefficient (Wildman–Crippen LogP) is 23.3. The van der Waals surface area contributed by atoms with Gasteiger partial charge in [-0.25, -0.2) is 0 Å². The van der Waals surface area contributed by atoms with Crippen molar-refractivity contribution in [3.63, 3.8) is 0 Å². The second-order valence-electron chi connectivity index (χ2n) is 23.1. The Morgan fingerprint density at radius 2 is 0.468 bits per heavy atom. The SMILES string of the molecule is CCCCCCC/C=C\C/C=C\C/C=C\CCCCCCCCCCC(=O)OCC(COC(=O)CCCCCCC/C=C\CCCCCCCC)OC(=O)CCCCCCCCCCCCCCCCCCCCCCC. The second kappa shape index (κ2) is 65.9. The van der Waals surface area contributed by atoms with Crippen LogP contribution < -0.4 is 0 Å². The van der Waals surface area contributed by atoms with Gasteiger partial charge in [-0.1, -0.05) is 313 Å². The molecule has 0 aliphatic rings. The van der Waals surface area contributed by atoms with Crippen molar-refractivity contribution in [1.82, 2.24) is 0 Å². The highest BCUT2D eigenvalue weighted by molar-refractivity contribution is 5.71. The third-order valence-corrected chi connectivity index (χ3v) is 15.3. The van der Waals surface area contributed by atoms with Crippen LogP contribution in [-0.2, 0) is 28.6 Å². The normalized spacial score (nSPS) is 12.3. The minimum absolute atomic E-state index is 0.0760. The molecule has 1 unspecified atom stereocenters. The Kier molecular flexibility index (Phi) is 63.6. The first-order chi connectivity index (χ1) is 38.0. The molecule has 450 valence electrons. The predicted molar refractivity (Wildman–Crippen MR) is 335 cm³/mol. The lowest BCUT2D eigenvalue weighted by Gasteiger charge is -2.18. The Hall–Kier alpha value is -2.63. The highest BCUT2D eigenvalue weighted by Gasteiger charge is 2.19. The number of hydrogen-bond acceptors (Lipinski definition) is 6. The highest BCUT2D eigenvalue weighted by Crippen LogP contribution is 2.18. The van der Waals surface area contributed by atoms with Crippen molar-refractivity contribution in [2.75, 3.05) is 13.2 Å². The molecule has 6 heteroatoms. The van der Waals surface area contributed by atoms with Gasteiger partial charge in [-0.3, -0.25) is 14.4 Å². The molecule has 0 aromatic rings. The fourth-order valence-electron chi connectivity index (χ4n) is 10.2. The van der Waals surface area contributed by atoms with E-state index in [-0.39, 0.29) is 31.1 Å². The van der Waals surface area contributed by atoms with E-state index < -0.39 is 6.10 Å². The molecule has 6 nitrogen and oxygen atoms in total. The van der Waals surface area contributed by atoms with Gasteiger partial charge in [0, 0.05) is 19.3 Å². The van der Waals surface area contributed by atoms with Gasteiger partial charge >= 0.3 is 17.9 Å². The molecule has 0 rings (SSSR count). The van der Waals surface area contributed by atoms with Crippen LogP contribution in [0.1, 0.15) is 367 Å². The molecule has 0 saturated heterocycles. The molecule has 0 N–H and O–H groups in total. The van der Waals surface area contributed by atoms with Crippen LogP contribution in [0.5, 0.6) is 0 Å². The maximum Gasteiger partial charge on any atom is 0.306 e. The average Bonchev–Trinajstić information content (AvgIpc) is 3.43. The third-order valence-electron chi connectivity index (χ3n) is 15.3. The molecule has 0 aromatic heterocycles. The first-order valence-electron chi connectivity index (χ1n) is 34.1. The first-order valence-corrected chi connectivity index (χ1v) is 34.1. The summed E-state index contributed by atoms with van der Waals surface area (Å²) in [6.45, 7) is 6.67. The molecular weight excluding hydrogens is 949 g/mol. The lowest BCUT2D eigenvalue weighted by atomic mass is 10.0. The van der Waals surface area contributed by atoms with Crippen LogP contribution in [0.4, 0.5) is 0 Å².